The lowest BCUT2D eigenvalue weighted by Crippen LogP contribution is -2.11. The van der Waals surface area contributed by atoms with E-state index < -0.39 is 0 Å². The van der Waals surface area contributed by atoms with Crippen molar-refractivity contribution in [2.75, 3.05) is 7.11 Å². The topological polar surface area (TPSA) is 27.1 Å². The van der Waals surface area contributed by atoms with Crippen LogP contribution in [0.4, 0.5) is 4.39 Å². The van der Waals surface area contributed by atoms with Crippen molar-refractivity contribution in [1.82, 2.24) is 9.55 Å². The number of fused-ring (bicyclic) bond motifs is 1. The fourth-order valence-corrected chi connectivity index (χ4v) is 3.53. The molecule has 1 aromatic carbocycles. The Morgan fingerprint density at radius 1 is 1.50 bits per heavy atom. The van der Waals surface area contributed by atoms with Gasteiger partial charge in [0.05, 0.1) is 27.5 Å². The highest BCUT2D eigenvalue weighted by atomic mass is 79.9. The van der Waals surface area contributed by atoms with Gasteiger partial charge in [-0.2, -0.15) is 0 Å². The van der Waals surface area contributed by atoms with Gasteiger partial charge in [0, 0.05) is 19.2 Å². The number of ether oxygens (including phenoxy) is 1. The van der Waals surface area contributed by atoms with Crippen molar-refractivity contribution in [3.8, 4) is 0 Å². The van der Waals surface area contributed by atoms with Gasteiger partial charge in [-0.05, 0) is 41.3 Å². The van der Waals surface area contributed by atoms with Crippen LogP contribution in [-0.4, -0.2) is 22.8 Å². The van der Waals surface area contributed by atoms with Gasteiger partial charge in [-0.15, -0.1) is 11.6 Å². The number of halogens is 3. The molecule has 2 atom stereocenters. The molecule has 2 aromatic rings. The average Bonchev–Trinajstić information content (AvgIpc) is 3.03. The van der Waals surface area contributed by atoms with E-state index in [2.05, 4.69) is 25.5 Å². The Bertz CT molecular complexity index is 646. The van der Waals surface area contributed by atoms with Gasteiger partial charge < -0.3 is 9.30 Å². The maximum absolute atomic E-state index is 13.8. The lowest BCUT2D eigenvalue weighted by Gasteiger charge is -2.16. The quantitative estimate of drug-likeness (QED) is 0.757. The highest BCUT2D eigenvalue weighted by Crippen LogP contribution is 2.36. The van der Waals surface area contributed by atoms with Gasteiger partial charge in [-0.3, -0.25) is 0 Å². The Hall–Kier alpha value is -0.650. The van der Waals surface area contributed by atoms with Gasteiger partial charge in [0.1, 0.15) is 11.6 Å². The number of imidazole rings is 1. The van der Waals surface area contributed by atoms with Gasteiger partial charge in [0.2, 0.25) is 0 Å². The van der Waals surface area contributed by atoms with E-state index in [9.17, 15) is 4.39 Å². The third-order valence-corrected chi connectivity index (χ3v) is 4.83. The Morgan fingerprint density at radius 3 is 2.95 bits per heavy atom. The molecule has 0 radical (unpaired) electrons. The summed E-state index contributed by atoms with van der Waals surface area (Å²) in [5.74, 6) is 0.837. The van der Waals surface area contributed by atoms with Crippen molar-refractivity contribution in [3.63, 3.8) is 0 Å². The lowest BCUT2D eigenvalue weighted by molar-refractivity contribution is 0.106. The minimum absolute atomic E-state index is 0.265. The van der Waals surface area contributed by atoms with Gasteiger partial charge >= 0.3 is 0 Å². The van der Waals surface area contributed by atoms with Crippen molar-refractivity contribution >= 4 is 38.6 Å². The molecule has 1 aromatic heterocycles. The van der Waals surface area contributed by atoms with Crippen LogP contribution in [0.3, 0.4) is 0 Å². The van der Waals surface area contributed by atoms with Crippen LogP contribution in [-0.2, 0) is 10.6 Å². The van der Waals surface area contributed by atoms with E-state index in [0.29, 0.717) is 10.4 Å². The largest absolute Gasteiger partial charge is 0.381 e. The highest BCUT2D eigenvalue weighted by molar-refractivity contribution is 9.10. The molecule has 0 bridgehead atoms. The van der Waals surface area contributed by atoms with Gasteiger partial charge in [0.15, 0.2) is 0 Å². The summed E-state index contributed by atoms with van der Waals surface area (Å²) in [6.07, 6.45) is 3.21. The van der Waals surface area contributed by atoms with E-state index in [4.69, 9.17) is 16.3 Å². The van der Waals surface area contributed by atoms with E-state index in [1.54, 1.807) is 13.2 Å². The molecule has 0 saturated heterocycles. The van der Waals surface area contributed by atoms with Crippen molar-refractivity contribution < 1.29 is 9.13 Å². The summed E-state index contributed by atoms with van der Waals surface area (Å²) < 4.78 is 21.8. The second-order valence-electron chi connectivity index (χ2n) is 5.11. The second-order valence-corrected chi connectivity index (χ2v) is 6.23. The van der Waals surface area contributed by atoms with Gasteiger partial charge in [-0.25, -0.2) is 9.37 Å². The van der Waals surface area contributed by atoms with Crippen LogP contribution >= 0.6 is 27.5 Å². The Morgan fingerprint density at radius 2 is 2.30 bits per heavy atom. The summed E-state index contributed by atoms with van der Waals surface area (Å²) in [6.45, 7) is 0. The first-order chi connectivity index (χ1) is 9.63. The van der Waals surface area contributed by atoms with E-state index in [0.717, 1.165) is 36.1 Å². The first-order valence-electron chi connectivity index (χ1n) is 6.58. The number of alkyl halides is 1. The number of benzene rings is 1. The Kier molecular flexibility index (Phi) is 4.02. The first-order valence-corrected chi connectivity index (χ1v) is 7.91. The molecule has 3 nitrogen and oxygen atoms in total. The minimum atomic E-state index is -0.277. The molecule has 1 aliphatic carbocycles. The minimum Gasteiger partial charge on any atom is -0.381 e. The first kappa shape index (κ1) is 14.3. The molecule has 0 N–H and O–H groups in total. The maximum atomic E-state index is 13.8. The number of methoxy groups -OCH3 is 1. The molecule has 1 saturated carbocycles. The summed E-state index contributed by atoms with van der Waals surface area (Å²) in [6, 6.07) is 3.52. The normalized spacial score (nSPS) is 22.8. The summed E-state index contributed by atoms with van der Waals surface area (Å²) in [5.41, 5.74) is 1.58. The zero-order valence-corrected chi connectivity index (χ0v) is 13.4. The van der Waals surface area contributed by atoms with Crippen LogP contribution in [0.25, 0.3) is 11.0 Å². The fraction of sp³-hybridized carbons (Fsp3) is 0.500. The SMILES string of the molecule is COC1CCC(n2c(CCl)nc3cc(Br)c(F)cc32)C1. The number of hydrogen-bond donors (Lipinski definition) is 0. The predicted octanol–water partition coefficient (Wildman–Crippen LogP) is 4.42. The monoisotopic (exact) mass is 360 g/mol. The highest BCUT2D eigenvalue weighted by Gasteiger charge is 2.28. The number of hydrogen-bond acceptors (Lipinski definition) is 2. The molecule has 20 heavy (non-hydrogen) atoms. The summed E-state index contributed by atoms with van der Waals surface area (Å²) in [4.78, 5) is 4.52. The average molecular weight is 362 g/mol. The van der Waals surface area contributed by atoms with E-state index in [-0.39, 0.29) is 18.0 Å². The smallest absolute Gasteiger partial charge is 0.139 e. The van der Waals surface area contributed by atoms with Crippen LogP contribution in [0.1, 0.15) is 31.1 Å². The lowest BCUT2D eigenvalue weighted by atomic mass is 10.2. The van der Waals surface area contributed by atoms with E-state index in [1.165, 1.54) is 6.07 Å². The molecular weight excluding hydrogens is 347 g/mol. The van der Waals surface area contributed by atoms with Crippen molar-refractivity contribution in [3.05, 3.63) is 28.2 Å². The van der Waals surface area contributed by atoms with Crippen molar-refractivity contribution in [1.29, 1.82) is 0 Å². The molecular formula is C14H15BrClFN2O. The molecule has 0 amide bonds. The molecule has 0 spiro atoms. The molecule has 1 heterocycles. The summed E-state index contributed by atoms with van der Waals surface area (Å²) in [5, 5.41) is 0. The predicted molar refractivity (Wildman–Crippen MR) is 80.6 cm³/mol. The van der Waals surface area contributed by atoms with E-state index in [1.807, 2.05) is 0 Å². The van der Waals surface area contributed by atoms with Crippen LogP contribution in [0.15, 0.2) is 16.6 Å². The molecule has 1 fully saturated rings. The van der Waals surface area contributed by atoms with Crippen molar-refractivity contribution in [2.45, 2.75) is 37.3 Å². The number of rotatable bonds is 3. The van der Waals surface area contributed by atoms with Crippen LogP contribution < -0.4 is 0 Å². The molecule has 3 rings (SSSR count). The zero-order chi connectivity index (χ0) is 14.3. The summed E-state index contributed by atoms with van der Waals surface area (Å²) in [7, 11) is 1.73. The third kappa shape index (κ3) is 2.36. The van der Waals surface area contributed by atoms with E-state index >= 15 is 0 Å². The number of aromatic nitrogens is 2. The maximum Gasteiger partial charge on any atom is 0.139 e. The van der Waals surface area contributed by atoms with Crippen LogP contribution in [0, 0.1) is 5.82 Å². The molecule has 0 aliphatic heterocycles. The molecule has 108 valence electrons. The molecule has 6 heteroatoms. The zero-order valence-electron chi connectivity index (χ0n) is 11.1. The standard InChI is InChI=1S/C14H15BrClFN2O/c1-20-9-3-2-8(4-9)19-13-6-11(17)10(15)5-12(13)18-14(19)7-16/h5-6,8-9H,2-4,7H2,1H3. The van der Waals surface area contributed by atoms with Crippen molar-refractivity contribution in [2.24, 2.45) is 0 Å². The fourth-order valence-electron chi connectivity index (χ4n) is 3.01. The molecule has 2 unspecified atom stereocenters. The Balaban J connectivity index is 2.11. The third-order valence-electron chi connectivity index (χ3n) is 3.98. The Labute approximate surface area is 130 Å². The van der Waals surface area contributed by atoms with Gasteiger partial charge in [0.25, 0.3) is 0 Å². The summed E-state index contributed by atoms with van der Waals surface area (Å²) >= 11 is 9.21. The molecule has 1 aliphatic rings. The van der Waals surface area contributed by atoms with Crippen LogP contribution in [0.5, 0.6) is 0 Å². The second kappa shape index (κ2) is 5.62. The van der Waals surface area contributed by atoms with Gasteiger partial charge in [-0.1, -0.05) is 0 Å². The van der Waals surface area contributed by atoms with Crippen LogP contribution in [0.2, 0.25) is 0 Å². The number of nitrogens with zero attached hydrogens (tertiary/aromatic N) is 2.